The lowest BCUT2D eigenvalue weighted by atomic mass is 9.85. The van der Waals surface area contributed by atoms with E-state index in [4.69, 9.17) is 21.4 Å². The molecule has 2 aromatic carbocycles. The molecule has 0 spiro atoms. The fourth-order valence-corrected chi connectivity index (χ4v) is 4.67. The summed E-state index contributed by atoms with van der Waals surface area (Å²) in [5, 5.41) is 20.8. The van der Waals surface area contributed by atoms with Gasteiger partial charge in [-0.3, -0.25) is 4.79 Å². The highest BCUT2D eigenvalue weighted by atomic mass is 35.5. The number of carbonyl (C=O) groups is 1. The van der Waals surface area contributed by atoms with Gasteiger partial charge in [0.25, 0.3) is 0 Å². The molecule has 1 atom stereocenters. The Morgan fingerprint density at radius 3 is 2.80 bits per heavy atom. The van der Waals surface area contributed by atoms with E-state index in [1.54, 1.807) is 21.3 Å². The van der Waals surface area contributed by atoms with Crippen LogP contribution in [-0.2, 0) is 11.4 Å². The van der Waals surface area contributed by atoms with Gasteiger partial charge in [-0.15, -0.1) is 15.3 Å². The fourth-order valence-electron chi connectivity index (χ4n) is 4.48. The topological polar surface area (TPSA) is 99.2 Å². The summed E-state index contributed by atoms with van der Waals surface area (Å²) in [6, 6.07) is 19.0. The number of rotatable bonds is 5. The van der Waals surface area contributed by atoms with Crippen molar-refractivity contribution < 1.29 is 9.53 Å². The molecular formula is C25H20ClN7O2. The van der Waals surface area contributed by atoms with Crippen molar-refractivity contribution in [1.29, 1.82) is 0 Å². The molecule has 1 aliphatic heterocycles. The molecule has 0 fully saturated rings. The van der Waals surface area contributed by atoms with Crippen LogP contribution in [0.1, 0.15) is 34.7 Å². The Hall–Kier alpha value is -4.24. The molecule has 0 radical (unpaired) electrons. The number of amides is 1. The monoisotopic (exact) mass is 485 g/mol. The van der Waals surface area contributed by atoms with Gasteiger partial charge in [0.15, 0.2) is 11.5 Å². The zero-order chi connectivity index (χ0) is 23.9. The van der Waals surface area contributed by atoms with Crippen LogP contribution in [0.3, 0.4) is 0 Å². The van der Waals surface area contributed by atoms with E-state index < -0.39 is 0 Å². The molecule has 0 saturated heterocycles. The van der Waals surface area contributed by atoms with Crippen LogP contribution in [0.2, 0.25) is 5.02 Å². The molecule has 0 aliphatic carbocycles. The summed E-state index contributed by atoms with van der Waals surface area (Å²) in [6.07, 6.45) is 1.81. The maximum absolute atomic E-state index is 12.9. The van der Waals surface area contributed by atoms with Gasteiger partial charge in [-0.05, 0) is 31.2 Å². The molecule has 0 bridgehead atoms. The van der Waals surface area contributed by atoms with Crippen molar-refractivity contribution in [1.82, 2.24) is 29.6 Å². The quantitative estimate of drug-likeness (QED) is 0.398. The smallest absolute Gasteiger partial charge is 0.226 e. The summed E-state index contributed by atoms with van der Waals surface area (Å²) in [4.78, 5) is 12.9. The highest BCUT2D eigenvalue weighted by Crippen LogP contribution is 2.43. The first-order valence-corrected chi connectivity index (χ1v) is 11.5. The number of hydrogen-bond donors (Lipinski definition) is 1. The van der Waals surface area contributed by atoms with Crippen LogP contribution < -0.4 is 10.1 Å². The Morgan fingerprint density at radius 1 is 1.09 bits per heavy atom. The molecule has 1 aliphatic rings. The molecule has 5 aromatic rings. The van der Waals surface area contributed by atoms with Crippen molar-refractivity contribution in [3.8, 4) is 11.6 Å². The van der Waals surface area contributed by atoms with Gasteiger partial charge >= 0.3 is 0 Å². The maximum atomic E-state index is 12.9. The normalized spacial score (nSPS) is 15.1. The standard InChI is InChI=1S/C25H20ClN7O2/c1-15-24-18(17-7-3-5-9-20(17)35-13-16-6-2-4-8-19(16)26)12-23(34)28-25(24)33(30-15)22-11-10-21-29-27-14-32(21)31-22/h2-11,14,18H,12-13H2,1H3,(H,28,34)/t18-/m1/s1. The van der Waals surface area contributed by atoms with Crippen molar-refractivity contribution in [3.63, 3.8) is 0 Å². The van der Waals surface area contributed by atoms with E-state index in [2.05, 4.69) is 20.6 Å². The number of hydrogen-bond acceptors (Lipinski definition) is 6. The maximum Gasteiger partial charge on any atom is 0.226 e. The molecule has 35 heavy (non-hydrogen) atoms. The molecule has 174 valence electrons. The molecule has 0 saturated carbocycles. The third kappa shape index (κ3) is 3.79. The molecule has 6 rings (SSSR count). The number of nitrogens with one attached hydrogen (secondary N) is 1. The van der Waals surface area contributed by atoms with Crippen LogP contribution in [0.4, 0.5) is 5.82 Å². The number of benzene rings is 2. The minimum Gasteiger partial charge on any atom is -0.489 e. The highest BCUT2D eigenvalue weighted by Gasteiger charge is 2.34. The van der Waals surface area contributed by atoms with Crippen LogP contribution in [0, 0.1) is 6.92 Å². The van der Waals surface area contributed by atoms with E-state index >= 15 is 0 Å². The van der Waals surface area contributed by atoms with E-state index in [1.807, 2.05) is 55.5 Å². The zero-order valence-electron chi connectivity index (χ0n) is 18.7. The number of carbonyl (C=O) groups excluding carboxylic acids is 1. The van der Waals surface area contributed by atoms with Crippen molar-refractivity contribution in [2.24, 2.45) is 0 Å². The number of para-hydroxylation sites is 1. The van der Waals surface area contributed by atoms with E-state index in [0.717, 1.165) is 22.4 Å². The summed E-state index contributed by atoms with van der Waals surface area (Å²) in [7, 11) is 0. The Morgan fingerprint density at radius 2 is 1.91 bits per heavy atom. The minimum atomic E-state index is -0.228. The highest BCUT2D eigenvalue weighted by molar-refractivity contribution is 6.31. The zero-order valence-corrected chi connectivity index (χ0v) is 19.5. The SMILES string of the molecule is Cc1nn(-c2ccc3nncn3n2)c2c1[C@@H](c1ccccc1OCc1ccccc1Cl)CC(=O)N2. The number of anilines is 1. The number of aryl methyl sites for hydroxylation is 1. The summed E-state index contributed by atoms with van der Waals surface area (Å²) in [6.45, 7) is 2.26. The largest absolute Gasteiger partial charge is 0.489 e. The van der Waals surface area contributed by atoms with E-state index in [-0.39, 0.29) is 18.2 Å². The molecular weight excluding hydrogens is 466 g/mol. The number of halogens is 1. The van der Waals surface area contributed by atoms with E-state index in [1.165, 1.54) is 6.33 Å². The first kappa shape index (κ1) is 21.3. The van der Waals surface area contributed by atoms with Gasteiger partial charge in [-0.1, -0.05) is 48.0 Å². The molecule has 9 nitrogen and oxygen atoms in total. The summed E-state index contributed by atoms with van der Waals surface area (Å²) >= 11 is 6.32. The number of aromatic nitrogens is 6. The molecule has 4 heterocycles. The average Bonchev–Trinajstić information content (AvgIpc) is 3.47. The van der Waals surface area contributed by atoms with Gasteiger partial charge in [0.05, 0.1) is 5.69 Å². The molecule has 1 amide bonds. The molecule has 10 heteroatoms. The van der Waals surface area contributed by atoms with Crippen LogP contribution in [0.25, 0.3) is 11.5 Å². The third-order valence-electron chi connectivity index (χ3n) is 6.10. The molecule has 0 unspecified atom stereocenters. The van der Waals surface area contributed by atoms with Crippen molar-refractivity contribution in [2.75, 3.05) is 5.32 Å². The number of nitrogens with zero attached hydrogens (tertiary/aromatic N) is 6. The lowest BCUT2D eigenvalue weighted by Gasteiger charge is -2.26. The fraction of sp³-hybridized carbons (Fsp3) is 0.160. The van der Waals surface area contributed by atoms with E-state index in [9.17, 15) is 4.79 Å². The second kappa shape index (κ2) is 8.52. The Labute approximate surface area is 205 Å². The summed E-state index contributed by atoms with van der Waals surface area (Å²) < 4.78 is 9.43. The Kier molecular flexibility index (Phi) is 5.18. The van der Waals surface area contributed by atoms with Gasteiger partial charge in [-0.2, -0.15) is 14.3 Å². The van der Waals surface area contributed by atoms with Crippen molar-refractivity contribution in [3.05, 3.63) is 94.4 Å². The van der Waals surface area contributed by atoms with Crippen molar-refractivity contribution >= 4 is 29.0 Å². The number of fused-ring (bicyclic) bond motifs is 2. The summed E-state index contributed by atoms with van der Waals surface area (Å²) in [5.74, 6) is 1.52. The van der Waals surface area contributed by atoms with Gasteiger partial charge in [0.1, 0.15) is 24.5 Å². The Bertz CT molecular complexity index is 1580. The predicted octanol–water partition coefficient (Wildman–Crippen LogP) is 4.32. The number of ether oxygens (including phenoxy) is 1. The summed E-state index contributed by atoms with van der Waals surface area (Å²) in [5.41, 5.74) is 4.17. The average molecular weight is 486 g/mol. The molecule has 3 aromatic heterocycles. The third-order valence-corrected chi connectivity index (χ3v) is 6.47. The van der Waals surface area contributed by atoms with E-state index in [0.29, 0.717) is 34.7 Å². The van der Waals surface area contributed by atoms with Gasteiger partial charge in [-0.25, -0.2) is 0 Å². The van der Waals surface area contributed by atoms with Crippen LogP contribution in [0.15, 0.2) is 67.0 Å². The molecule has 1 N–H and O–H groups in total. The van der Waals surface area contributed by atoms with Crippen LogP contribution >= 0.6 is 11.6 Å². The lowest BCUT2D eigenvalue weighted by Crippen LogP contribution is -2.25. The first-order valence-electron chi connectivity index (χ1n) is 11.1. The van der Waals surface area contributed by atoms with Crippen molar-refractivity contribution in [2.45, 2.75) is 25.9 Å². The van der Waals surface area contributed by atoms with Gasteiger partial charge < -0.3 is 10.1 Å². The van der Waals surface area contributed by atoms with Gasteiger partial charge in [0, 0.05) is 34.1 Å². The van der Waals surface area contributed by atoms with Crippen LogP contribution in [-0.4, -0.2) is 35.5 Å². The Balaban J connectivity index is 1.40. The first-order chi connectivity index (χ1) is 17.1. The second-order valence-electron chi connectivity index (χ2n) is 8.31. The predicted molar refractivity (Wildman–Crippen MR) is 130 cm³/mol. The lowest BCUT2D eigenvalue weighted by molar-refractivity contribution is -0.116. The van der Waals surface area contributed by atoms with Gasteiger partial charge in [0.2, 0.25) is 5.91 Å². The minimum absolute atomic E-state index is 0.102. The second-order valence-corrected chi connectivity index (χ2v) is 8.71. The van der Waals surface area contributed by atoms with Crippen LogP contribution in [0.5, 0.6) is 5.75 Å².